The molecule has 8 heteroatoms. The largest absolute Gasteiger partial charge is 0.497 e. The number of benzene rings is 1. The second-order valence-corrected chi connectivity index (χ2v) is 7.98. The molecule has 0 amide bonds. The van der Waals surface area contributed by atoms with Gasteiger partial charge in [0.25, 0.3) is 0 Å². The third kappa shape index (κ3) is 8.75. The lowest BCUT2D eigenvalue weighted by Gasteiger charge is -2.35. The minimum Gasteiger partial charge on any atom is -0.497 e. The van der Waals surface area contributed by atoms with E-state index in [0.717, 1.165) is 57.3 Å². The molecule has 1 aromatic rings. The molecule has 2 heterocycles. The van der Waals surface area contributed by atoms with E-state index in [1.54, 1.807) is 7.11 Å². The fraction of sp³-hybridized carbons (Fsp3) is 0.696. The van der Waals surface area contributed by atoms with Crippen LogP contribution in [-0.2, 0) is 9.47 Å². The summed E-state index contributed by atoms with van der Waals surface area (Å²) in [7, 11) is 3.52. The van der Waals surface area contributed by atoms with Gasteiger partial charge in [0.15, 0.2) is 5.96 Å². The molecule has 2 saturated heterocycles. The first-order valence-electron chi connectivity index (χ1n) is 11.3. The number of nitrogens with zero attached hydrogens (tertiary/aromatic N) is 2. The maximum absolute atomic E-state index is 5.73. The normalized spacial score (nSPS) is 20.7. The van der Waals surface area contributed by atoms with Gasteiger partial charge in [-0.1, -0.05) is 18.6 Å². The first kappa shape index (κ1) is 26.2. The molecule has 31 heavy (non-hydrogen) atoms. The van der Waals surface area contributed by atoms with E-state index in [9.17, 15) is 0 Å². The molecular weight excluding hydrogens is 507 g/mol. The first-order chi connectivity index (χ1) is 14.8. The number of hydrogen-bond acceptors (Lipinski definition) is 5. The Kier molecular flexibility index (Phi) is 12.5. The summed E-state index contributed by atoms with van der Waals surface area (Å²) < 4.78 is 16.6. The van der Waals surface area contributed by atoms with Gasteiger partial charge in [-0.2, -0.15) is 0 Å². The van der Waals surface area contributed by atoms with Crippen LogP contribution in [0.25, 0.3) is 0 Å². The summed E-state index contributed by atoms with van der Waals surface area (Å²) in [5, 5.41) is 6.87. The number of halogens is 1. The van der Waals surface area contributed by atoms with Crippen molar-refractivity contribution < 1.29 is 14.2 Å². The van der Waals surface area contributed by atoms with Crippen molar-refractivity contribution in [2.75, 3.05) is 60.2 Å². The summed E-state index contributed by atoms with van der Waals surface area (Å²) in [6, 6.07) is 8.75. The van der Waals surface area contributed by atoms with Gasteiger partial charge in [0.1, 0.15) is 5.75 Å². The van der Waals surface area contributed by atoms with Crippen LogP contribution >= 0.6 is 24.0 Å². The van der Waals surface area contributed by atoms with E-state index in [1.807, 2.05) is 19.2 Å². The predicted octanol–water partition coefficient (Wildman–Crippen LogP) is 3.20. The highest BCUT2D eigenvalue weighted by Gasteiger charge is 2.22. The summed E-state index contributed by atoms with van der Waals surface area (Å²) in [5.74, 6) is 1.70. The Bertz CT molecular complexity index is 632. The highest BCUT2D eigenvalue weighted by Crippen LogP contribution is 2.25. The van der Waals surface area contributed by atoms with Crippen LogP contribution in [0.1, 0.15) is 43.7 Å². The van der Waals surface area contributed by atoms with Crippen molar-refractivity contribution in [2.24, 2.45) is 4.99 Å². The molecule has 0 aromatic heterocycles. The van der Waals surface area contributed by atoms with Gasteiger partial charge in [-0.15, -0.1) is 24.0 Å². The van der Waals surface area contributed by atoms with Crippen LogP contribution in [0.3, 0.4) is 0 Å². The lowest BCUT2D eigenvalue weighted by Crippen LogP contribution is -2.45. The number of guanidine groups is 1. The summed E-state index contributed by atoms with van der Waals surface area (Å²) in [4.78, 5) is 6.96. The molecule has 2 fully saturated rings. The van der Waals surface area contributed by atoms with Gasteiger partial charge in [0.05, 0.1) is 32.5 Å². The Labute approximate surface area is 204 Å². The number of likely N-dealkylation sites (tertiary alicyclic amines) is 1. The van der Waals surface area contributed by atoms with Crippen LogP contribution in [0.5, 0.6) is 5.75 Å². The molecule has 7 nitrogen and oxygen atoms in total. The van der Waals surface area contributed by atoms with Crippen LogP contribution < -0.4 is 15.4 Å². The quantitative estimate of drug-likeness (QED) is 0.204. The summed E-state index contributed by atoms with van der Waals surface area (Å²) in [6.07, 6.45) is 6.39. The topological polar surface area (TPSA) is 67.4 Å². The number of ether oxygens (including phenoxy) is 3. The van der Waals surface area contributed by atoms with E-state index in [2.05, 4.69) is 32.7 Å². The maximum Gasteiger partial charge on any atom is 0.191 e. The molecule has 176 valence electrons. The molecule has 0 radical (unpaired) electrons. The second kappa shape index (κ2) is 14.9. The second-order valence-electron chi connectivity index (χ2n) is 7.98. The van der Waals surface area contributed by atoms with Gasteiger partial charge >= 0.3 is 0 Å². The number of methoxy groups -OCH3 is 1. The predicted molar refractivity (Wildman–Crippen MR) is 136 cm³/mol. The van der Waals surface area contributed by atoms with Gasteiger partial charge in [-0.25, -0.2) is 0 Å². The van der Waals surface area contributed by atoms with E-state index >= 15 is 0 Å². The SMILES string of the molecule is CN=C(NCCOCC1CCCO1)NCC(c1ccc(OC)cc1)N1CCCCC1.I. The van der Waals surface area contributed by atoms with Crippen LogP contribution in [-0.4, -0.2) is 77.1 Å². The fourth-order valence-electron chi connectivity index (χ4n) is 4.16. The fourth-order valence-corrected chi connectivity index (χ4v) is 4.16. The van der Waals surface area contributed by atoms with Crippen molar-refractivity contribution in [3.8, 4) is 5.75 Å². The highest BCUT2D eigenvalue weighted by molar-refractivity contribution is 14.0. The van der Waals surface area contributed by atoms with E-state index in [0.29, 0.717) is 19.3 Å². The van der Waals surface area contributed by atoms with Crippen LogP contribution in [0.15, 0.2) is 29.3 Å². The summed E-state index contributed by atoms with van der Waals surface area (Å²) in [6.45, 7) is 6.01. The monoisotopic (exact) mass is 546 g/mol. The van der Waals surface area contributed by atoms with Crippen molar-refractivity contribution in [2.45, 2.75) is 44.2 Å². The van der Waals surface area contributed by atoms with Gasteiger partial charge in [0.2, 0.25) is 0 Å². The maximum atomic E-state index is 5.73. The van der Waals surface area contributed by atoms with Crippen molar-refractivity contribution in [3.05, 3.63) is 29.8 Å². The minimum absolute atomic E-state index is 0. The molecule has 0 aliphatic carbocycles. The third-order valence-electron chi connectivity index (χ3n) is 5.89. The van der Waals surface area contributed by atoms with Crippen LogP contribution in [0.4, 0.5) is 0 Å². The Morgan fingerprint density at radius 3 is 2.58 bits per heavy atom. The Morgan fingerprint density at radius 1 is 1.16 bits per heavy atom. The zero-order valence-electron chi connectivity index (χ0n) is 19.0. The van der Waals surface area contributed by atoms with Gasteiger partial charge in [-0.05, 0) is 56.5 Å². The molecule has 3 rings (SSSR count). The number of rotatable bonds is 10. The number of aliphatic imine (C=N–C) groups is 1. The molecule has 2 unspecified atom stereocenters. The number of nitrogens with one attached hydrogen (secondary N) is 2. The molecule has 0 spiro atoms. The van der Waals surface area contributed by atoms with E-state index in [1.165, 1.54) is 24.8 Å². The zero-order valence-corrected chi connectivity index (χ0v) is 21.3. The lowest BCUT2D eigenvalue weighted by molar-refractivity contribution is 0.0191. The van der Waals surface area contributed by atoms with E-state index in [-0.39, 0.29) is 30.1 Å². The van der Waals surface area contributed by atoms with Crippen molar-refractivity contribution in [1.29, 1.82) is 0 Å². The highest BCUT2D eigenvalue weighted by atomic mass is 127. The standard InChI is InChI=1S/C23H38N4O3.HI/c1-24-23(25-12-16-29-18-21-7-6-15-30-21)26-17-22(27-13-4-3-5-14-27)19-8-10-20(28-2)11-9-19;/h8-11,21-22H,3-7,12-18H2,1-2H3,(H2,24,25,26);1H. The number of piperidine rings is 1. The van der Waals surface area contributed by atoms with Crippen molar-refractivity contribution in [3.63, 3.8) is 0 Å². The molecule has 2 aliphatic heterocycles. The Morgan fingerprint density at radius 2 is 1.94 bits per heavy atom. The van der Waals surface area contributed by atoms with Crippen molar-refractivity contribution in [1.82, 2.24) is 15.5 Å². The summed E-state index contributed by atoms with van der Waals surface area (Å²) >= 11 is 0. The molecule has 1 aromatic carbocycles. The third-order valence-corrected chi connectivity index (χ3v) is 5.89. The molecule has 2 atom stereocenters. The zero-order chi connectivity index (χ0) is 21.0. The molecular formula is C23H39IN4O3. The van der Waals surface area contributed by atoms with E-state index in [4.69, 9.17) is 14.2 Å². The molecule has 0 bridgehead atoms. The van der Waals surface area contributed by atoms with E-state index < -0.39 is 0 Å². The molecule has 2 aliphatic rings. The van der Waals surface area contributed by atoms with Crippen LogP contribution in [0.2, 0.25) is 0 Å². The summed E-state index contributed by atoms with van der Waals surface area (Å²) in [5.41, 5.74) is 1.31. The molecule has 2 N–H and O–H groups in total. The average Bonchev–Trinajstić information content (AvgIpc) is 3.32. The minimum atomic E-state index is 0. The smallest absolute Gasteiger partial charge is 0.191 e. The molecule has 0 saturated carbocycles. The van der Waals surface area contributed by atoms with Gasteiger partial charge < -0.3 is 24.8 Å². The Balaban J connectivity index is 0.00000341. The average molecular weight is 546 g/mol. The first-order valence-corrected chi connectivity index (χ1v) is 11.3. The van der Waals surface area contributed by atoms with Gasteiger partial charge in [0, 0.05) is 26.7 Å². The van der Waals surface area contributed by atoms with Crippen molar-refractivity contribution >= 4 is 29.9 Å². The Hall–Kier alpha value is -1.10. The number of hydrogen-bond donors (Lipinski definition) is 2. The van der Waals surface area contributed by atoms with Gasteiger partial charge in [-0.3, -0.25) is 9.89 Å². The van der Waals surface area contributed by atoms with Crippen LogP contribution in [0, 0.1) is 0 Å². The lowest BCUT2D eigenvalue weighted by atomic mass is 10.0.